The molecule has 138 valence electrons. The molecule has 2 heterocycles. The highest BCUT2D eigenvalue weighted by Crippen LogP contribution is 2.28. The Hall–Kier alpha value is -1.84. The average molecular weight is 350 g/mol. The number of hydrogen-bond donors (Lipinski definition) is 1. The normalized spacial score (nSPS) is 22.1. The number of piperidine rings is 1. The molecule has 1 unspecified atom stereocenters. The van der Waals surface area contributed by atoms with Gasteiger partial charge in [0.25, 0.3) is 0 Å². The van der Waals surface area contributed by atoms with Gasteiger partial charge in [-0.15, -0.1) is 0 Å². The molecule has 2 aliphatic heterocycles. The fourth-order valence-corrected chi connectivity index (χ4v) is 4.49. The fraction of sp³-hybridized carbons (Fsp3) is 0.478. The summed E-state index contributed by atoms with van der Waals surface area (Å²) in [4.78, 5) is 5.24. The van der Waals surface area contributed by atoms with Gasteiger partial charge >= 0.3 is 0 Å². The fourth-order valence-electron chi connectivity index (χ4n) is 4.49. The maximum Gasteiger partial charge on any atom is 0.0366 e. The van der Waals surface area contributed by atoms with E-state index in [1.807, 2.05) is 0 Å². The Labute approximate surface area is 157 Å². The van der Waals surface area contributed by atoms with Crippen molar-refractivity contribution in [3.8, 4) is 11.1 Å². The second kappa shape index (κ2) is 7.81. The highest BCUT2D eigenvalue weighted by atomic mass is 15.2. The van der Waals surface area contributed by atoms with Gasteiger partial charge in [0, 0.05) is 31.4 Å². The van der Waals surface area contributed by atoms with Crippen molar-refractivity contribution >= 4 is 5.69 Å². The second-order valence-electron chi connectivity index (χ2n) is 8.02. The number of nitrogens with two attached hydrogens (primary N) is 1. The lowest BCUT2D eigenvalue weighted by atomic mass is 10.0. The van der Waals surface area contributed by atoms with Crippen LogP contribution in [0.25, 0.3) is 11.1 Å². The van der Waals surface area contributed by atoms with E-state index in [4.69, 9.17) is 5.73 Å². The van der Waals surface area contributed by atoms with Crippen LogP contribution in [0.2, 0.25) is 0 Å². The van der Waals surface area contributed by atoms with Crippen molar-refractivity contribution < 1.29 is 0 Å². The van der Waals surface area contributed by atoms with E-state index in [0.717, 1.165) is 18.5 Å². The lowest BCUT2D eigenvalue weighted by Crippen LogP contribution is -2.44. The molecule has 2 aromatic rings. The maximum atomic E-state index is 5.85. The van der Waals surface area contributed by atoms with E-state index < -0.39 is 0 Å². The van der Waals surface area contributed by atoms with Crippen molar-refractivity contribution in [3.63, 3.8) is 0 Å². The molecule has 26 heavy (non-hydrogen) atoms. The Bertz CT molecular complexity index is 699. The number of likely N-dealkylation sites (tertiary alicyclic amines) is 1. The molecule has 0 aliphatic carbocycles. The zero-order valence-corrected chi connectivity index (χ0v) is 15.9. The minimum absolute atomic E-state index is 0.724. The lowest BCUT2D eigenvalue weighted by molar-refractivity contribution is 0.201. The summed E-state index contributed by atoms with van der Waals surface area (Å²) in [5.41, 5.74) is 11.1. The topological polar surface area (TPSA) is 32.5 Å². The summed E-state index contributed by atoms with van der Waals surface area (Å²) in [6.45, 7) is 7.78. The van der Waals surface area contributed by atoms with E-state index in [1.165, 1.54) is 67.8 Å². The van der Waals surface area contributed by atoms with Crippen molar-refractivity contribution in [1.29, 1.82) is 0 Å². The van der Waals surface area contributed by atoms with E-state index in [9.17, 15) is 0 Å². The molecule has 2 fully saturated rings. The van der Waals surface area contributed by atoms with Crippen LogP contribution in [0.4, 0.5) is 5.69 Å². The first kappa shape index (κ1) is 17.6. The van der Waals surface area contributed by atoms with E-state index in [-0.39, 0.29) is 0 Å². The number of hydrogen-bond acceptors (Lipinski definition) is 3. The monoisotopic (exact) mass is 349 g/mol. The summed E-state index contributed by atoms with van der Waals surface area (Å²) in [5, 5.41) is 0. The predicted molar refractivity (Wildman–Crippen MR) is 111 cm³/mol. The summed E-state index contributed by atoms with van der Waals surface area (Å²) in [5.74, 6) is 0.724. The number of anilines is 1. The number of benzene rings is 2. The van der Waals surface area contributed by atoms with Gasteiger partial charge in [-0.2, -0.15) is 0 Å². The first-order valence-corrected chi connectivity index (χ1v) is 10.1. The van der Waals surface area contributed by atoms with Crippen LogP contribution in [0.1, 0.15) is 24.8 Å². The van der Waals surface area contributed by atoms with Gasteiger partial charge in [-0.1, -0.05) is 42.0 Å². The molecular weight excluding hydrogens is 318 g/mol. The van der Waals surface area contributed by atoms with E-state index in [1.54, 1.807) is 0 Å². The molecule has 2 N–H and O–H groups in total. The third-order valence-electron chi connectivity index (χ3n) is 6.25. The number of aryl methyl sites for hydroxylation is 1. The Morgan fingerprint density at radius 2 is 1.46 bits per heavy atom. The van der Waals surface area contributed by atoms with Crippen LogP contribution in [0.15, 0.2) is 48.5 Å². The van der Waals surface area contributed by atoms with Gasteiger partial charge in [0.15, 0.2) is 0 Å². The molecule has 4 rings (SSSR count). The second-order valence-corrected chi connectivity index (χ2v) is 8.02. The zero-order valence-electron chi connectivity index (χ0n) is 15.9. The minimum Gasteiger partial charge on any atom is -0.371 e. The van der Waals surface area contributed by atoms with E-state index in [2.05, 4.69) is 65.3 Å². The highest BCUT2D eigenvalue weighted by molar-refractivity contribution is 5.66. The third-order valence-corrected chi connectivity index (χ3v) is 6.25. The van der Waals surface area contributed by atoms with Gasteiger partial charge < -0.3 is 10.6 Å². The molecule has 0 radical (unpaired) electrons. The van der Waals surface area contributed by atoms with Crippen LogP contribution >= 0.6 is 0 Å². The van der Waals surface area contributed by atoms with Crippen molar-refractivity contribution in [2.45, 2.75) is 32.2 Å². The van der Waals surface area contributed by atoms with Crippen LogP contribution in [-0.2, 0) is 0 Å². The van der Waals surface area contributed by atoms with E-state index >= 15 is 0 Å². The summed E-state index contributed by atoms with van der Waals surface area (Å²) in [7, 11) is 0. The molecule has 2 saturated heterocycles. The van der Waals surface area contributed by atoms with Crippen LogP contribution in [0.5, 0.6) is 0 Å². The SMILES string of the molecule is Cc1ccc(-c2ccc(N3CCC(N4CCC(CN)C4)CC3)cc2)cc1. The molecule has 0 amide bonds. The summed E-state index contributed by atoms with van der Waals surface area (Å²) in [6.07, 6.45) is 3.84. The van der Waals surface area contributed by atoms with Gasteiger partial charge in [-0.25, -0.2) is 0 Å². The molecule has 0 saturated carbocycles. The molecule has 2 aromatic carbocycles. The Balaban J connectivity index is 1.35. The molecule has 3 heteroatoms. The highest BCUT2D eigenvalue weighted by Gasteiger charge is 2.30. The molecule has 0 aromatic heterocycles. The van der Waals surface area contributed by atoms with Crippen molar-refractivity contribution in [3.05, 3.63) is 54.1 Å². The van der Waals surface area contributed by atoms with Crippen LogP contribution < -0.4 is 10.6 Å². The molecule has 0 bridgehead atoms. The summed E-state index contributed by atoms with van der Waals surface area (Å²) < 4.78 is 0. The van der Waals surface area contributed by atoms with Gasteiger partial charge in [-0.05, 0) is 68.5 Å². The Kier molecular flexibility index (Phi) is 5.28. The quantitative estimate of drug-likeness (QED) is 0.908. The summed E-state index contributed by atoms with van der Waals surface area (Å²) >= 11 is 0. The first-order chi connectivity index (χ1) is 12.7. The van der Waals surface area contributed by atoms with Gasteiger partial charge in [0.05, 0.1) is 0 Å². The van der Waals surface area contributed by atoms with Gasteiger partial charge in [0.1, 0.15) is 0 Å². The van der Waals surface area contributed by atoms with Crippen molar-refractivity contribution in [2.24, 2.45) is 11.7 Å². The predicted octanol–water partition coefficient (Wildman–Crippen LogP) is 3.91. The van der Waals surface area contributed by atoms with Gasteiger partial charge in [0.2, 0.25) is 0 Å². The Morgan fingerprint density at radius 3 is 2.04 bits per heavy atom. The standard InChI is InChI=1S/C23H31N3/c1-18-2-4-20(5-3-18)21-6-8-22(9-7-21)25-14-11-23(12-15-25)26-13-10-19(16-24)17-26/h2-9,19,23H,10-17,24H2,1H3. The molecule has 3 nitrogen and oxygen atoms in total. The number of nitrogens with zero attached hydrogens (tertiary/aromatic N) is 2. The number of rotatable bonds is 4. The largest absolute Gasteiger partial charge is 0.371 e. The Morgan fingerprint density at radius 1 is 0.846 bits per heavy atom. The maximum absolute atomic E-state index is 5.85. The van der Waals surface area contributed by atoms with Crippen molar-refractivity contribution in [2.75, 3.05) is 37.6 Å². The minimum atomic E-state index is 0.724. The summed E-state index contributed by atoms with van der Waals surface area (Å²) in [6, 6.07) is 18.6. The molecular formula is C23H31N3. The smallest absolute Gasteiger partial charge is 0.0366 e. The first-order valence-electron chi connectivity index (χ1n) is 10.1. The van der Waals surface area contributed by atoms with Crippen molar-refractivity contribution in [1.82, 2.24) is 4.90 Å². The third kappa shape index (κ3) is 3.79. The van der Waals surface area contributed by atoms with Crippen LogP contribution in [0.3, 0.4) is 0 Å². The molecule has 1 atom stereocenters. The average Bonchev–Trinajstić information content (AvgIpc) is 3.18. The van der Waals surface area contributed by atoms with Gasteiger partial charge in [-0.3, -0.25) is 4.90 Å². The molecule has 2 aliphatic rings. The van der Waals surface area contributed by atoms with Crippen LogP contribution in [-0.4, -0.2) is 43.7 Å². The molecule has 0 spiro atoms. The lowest BCUT2D eigenvalue weighted by Gasteiger charge is -2.38. The zero-order chi connectivity index (χ0) is 17.9. The van der Waals surface area contributed by atoms with E-state index in [0.29, 0.717) is 0 Å². The van der Waals surface area contributed by atoms with Crippen LogP contribution in [0, 0.1) is 12.8 Å².